The van der Waals surface area contributed by atoms with Crippen LogP contribution in [0.3, 0.4) is 0 Å². The van der Waals surface area contributed by atoms with Gasteiger partial charge in [-0.2, -0.15) is 0 Å². The number of rotatable bonds is 4. The maximum atomic E-state index is 10.9. The molecule has 1 aromatic rings. The largest absolute Gasteiger partial charge is 0.384 e. The highest BCUT2D eigenvalue weighted by Crippen LogP contribution is 2.10. The van der Waals surface area contributed by atoms with Crippen molar-refractivity contribution in [3.05, 3.63) is 24.0 Å². The zero-order chi connectivity index (χ0) is 10.6. The highest BCUT2D eigenvalue weighted by molar-refractivity contribution is 7.90. The van der Waals surface area contributed by atoms with E-state index in [9.17, 15) is 8.42 Å². The Balaban J connectivity index is 2.51. The van der Waals surface area contributed by atoms with Gasteiger partial charge in [-0.25, -0.2) is 8.42 Å². The summed E-state index contributed by atoms with van der Waals surface area (Å²) in [7, 11) is -2.89. The van der Waals surface area contributed by atoms with Crippen molar-refractivity contribution in [2.75, 3.05) is 23.9 Å². The SMILES string of the molecule is Cc1cnccc1NCCS(C)(=O)=O. The van der Waals surface area contributed by atoms with E-state index in [-0.39, 0.29) is 5.75 Å². The Kier molecular flexibility index (Phi) is 3.46. The summed E-state index contributed by atoms with van der Waals surface area (Å²) in [5, 5.41) is 3.05. The van der Waals surface area contributed by atoms with Crippen molar-refractivity contribution < 1.29 is 8.42 Å². The molecule has 0 aliphatic rings. The molecule has 0 saturated carbocycles. The van der Waals surface area contributed by atoms with Gasteiger partial charge < -0.3 is 5.32 Å². The number of aromatic nitrogens is 1. The van der Waals surface area contributed by atoms with Crippen LogP contribution >= 0.6 is 0 Å². The lowest BCUT2D eigenvalue weighted by molar-refractivity contribution is 0.602. The molecular formula is C9H14N2O2S. The molecule has 0 fully saturated rings. The molecule has 1 aromatic heterocycles. The van der Waals surface area contributed by atoms with Crippen LogP contribution in [-0.2, 0) is 9.84 Å². The number of hydrogen-bond acceptors (Lipinski definition) is 4. The van der Waals surface area contributed by atoms with Gasteiger partial charge in [-0.15, -0.1) is 0 Å². The number of aryl methyl sites for hydroxylation is 1. The molecule has 5 heteroatoms. The first-order chi connectivity index (χ1) is 6.49. The van der Waals surface area contributed by atoms with Gasteiger partial charge in [-0.05, 0) is 18.6 Å². The highest BCUT2D eigenvalue weighted by Gasteiger charge is 2.02. The predicted octanol–water partition coefficient (Wildman–Crippen LogP) is 0.847. The van der Waals surface area contributed by atoms with E-state index in [4.69, 9.17) is 0 Å². The van der Waals surface area contributed by atoms with Crippen molar-refractivity contribution in [3.63, 3.8) is 0 Å². The van der Waals surface area contributed by atoms with Crippen molar-refractivity contribution in [2.45, 2.75) is 6.92 Å². The monoisotopic (exact) mass is 214 g/mol. The standard InChI is InChI=1S/C9H14N2O2S/c1-8-7-10-4-3-9(8)11-5-6-14(2,12)13/h3-4,7H,5-6H2,1-2H3,(H,10,11). The fourth-order valence-corrected chi connectivity index (χ4v) is 1.52. The minimum atomic E-state index is -2.89. The fourth-order valence-electron chi connectivity index (χ4n) is 1.04. The number of hydrogen-bond donors (Lipinski definition) is 1. The van der Waals surface area contributed by atoms with Crippen LogP contribution in [0.5, 0.6) is 0 Å². The number of pyridine rings is 1. The van der Waals surface area contributed by atoms with Crippen LogP contribution in [0.4, 0.5) is 5.69 Å². The Bertz CT molecular complexity index is 401. The summed E-state index contributed by atoms with van der Waals surface area (Å²) >= 11 is 0. The second-order valence-electron chi connectivity index (χ2n) is 3.25. The molecule has 0 spiro atoms. The molecule has 0 radical (unpaired) electrons. The van der Waals surface area contributed by atoms with E-state index in [1.165, 1.54) is 6.26 Å². The molecule has 4 nitrogen and oxygen atoms in total. The molecule has 1 rings (SSSR count). The van der Waals surface area contributed by atoms with Crippen molar-refractivity contribution in [1.82, 2.24) is 4.98 Å². The maximum absolute atomic E-state index is 10.9. The lowest BCUT2D eigenvalue weighted by Gasteiger charge is -2.07. The second-order valence-corrected chi connectivity index (χ2v) is 5.51. The lowest BCUT2D eigenvalue weighted by Crippen LogP contribution is -2.14. The van der Waals surface area contributed by atoms with Crippen LogP contribution in [0.1, 0.15) is 5.56 Å². The number of sulfone groups is 1. The second kappa shape index (κ2) is 4.41. The zero-order valence-corrected chi connectivity index (χ0v) is 9.13. The molecule has 1 heterocycles. The van der Waals surface area contributed by atoms with Crippen molar-refractivity contribution in [1.29, 1.82) is 0 Å². The van der Waals surface area contributed by atoms with Crippen molar-refractivity contribution >= 4 is 15.5 Å². The van der Waals surface area contributed by atoms with Crippen LogP contribution in [0.2, 0.25) is 0 Å². The minimum absolute atomic E-state index is 0.148. The van der Waals surface area contributed by atoms with Gasteiger partial charge in [-0.3, -0.25) is 4.98 Å². The van der Waals surface area contributed by atoms with E-state index in [1.807, 2.05) is 13.0 Å². The first-order valence-corrected chi connectivity index (χ1v) is 6.37. The quantitative estimate of drug-likeness (QED) is 0.807. The number of nitrogens with zero attached hydrogens (tertiary/aromatic N) is 1. The van der Waals surface area contributed by atoms with Crippen molar-refractivity contribution in [3.8, 4) is 0 Å². The maximum Gasteiger partial charge on any atom is 0.149 e. The van der Waals surface area contributed by atoms with Crippen LogP contribution in [-0.4, -0.2) is 32.0 Å². The molecule has 0 aliphatic heterocycles. The van der Waals surface area contributed by atoms with Gasteiger partial charge in [0.2, 0.25) is 0 Å². The molecule has 1 N–H and O–H groups in total. The summed E-state index contributed by atoms with van der Waals surface area (Å²) in [5.41, 5.74) is 1.95. The average molecular weight is 214 g/mol. The molecule has 0 amide bonds. The Morgan fingerprint density at radius 2 is 2.21 bits per heavy atom. The summed E-state index contributed by atoms with van der Waals surface area (Å²) in [6.07, 6.45) is 4.65. The number of nitrogens with one attached hydrogen (secondary N) is 1. The van der Waals surface area contributed by atoms with Crippen molar-refractivity contribution in [2.24, 2.45) is 0 Å². The Morgan fingerprint density at radius 1 is 1.50 bits per heavy atom. The van der Waals surface area contributed by atoms with E-state index in [2.05, 4.69) is 10.3 Å². The van der Waals surface area contributed by atoms with Gasteiger partial charge in [0.05, 0.1) is 5.75 Å². The van der Waals surface area contributed by atoms with E-state index in [0.29, 0.717) is 6.54 Å². The molecule has 0 atom stereocenters. The molecule has 0 saturated heterocycles. The van der Waals surface area contributed by atoms with Crippen LogP contribution in [0.25, 0.3) is 0 Å². The summed E-state index contributed by atoms with van der Waals surface area (Å²) < 4.78 is 21.7. The minimum Gasteiger partial charge on any atom is -0.384 e. The summed E-state index contributed by atoms with van der Waals surface area (Å²) in [5.74, 6) is 0.148. The zero-order valence-electron chi connectivity index (χ0n) is 8.32. The van der Waals surface area contributed by atoms with Gasteiger partial charge in [0.1, 0.15) is 9.84 Å². The van der Waals surface area contributed by atoms with Gasteiger partial charge >= 0.3 is 0 Å². The van der Waals surface area contributed by atoms with Crippen LogP contribution in [0.15, 0.2) is 18.5 Å². The summed E-state index contributed by atoms with van der Waals surface area (Å²) in [4.78, 5) is 3.94. The first-order valence-electron chi connectivity index (χ1n) is 4.31. The van der Waals surface area contributed by atoms with Crippen LogP contribution in [0, 0.1) is 6.92 Å². The average Bonchev–Trinajstić information content (AvgIpc) is 2.06. The third-order valence-corrected chi connectivity index (χ3v) is 2.75. The number of anilines is 1. The van der Waals surface area contributed by atoms with E-state index in [0.717, 1.165) is 11.3 Å². The summed E-state index contributed by atoms with van der Waals surface area (Å²) in [6.45, 7) is 2.36. The van der Waals surface area contributed by atoms with Crippen LogP contribution < -0.4 is 5.32 Å². The summed E-state index contributed by atoms with van der Waals surface area (Å²) in [6, 6.07) is 1.83. The Morgan fingerprint density at radius 3 is 2.79 bits per heavy atom. The Labute approximate surface area is 84.3 Å². The van der Waals surface area contributed by atoms with E-state index >= 15 is 0 Å². The predicted molar refractivity (Wildman–Crippen MR) is 57.2 cm³/mol. The fraction of sp³-hybridized carbons (Fsp3) is 0.444. The Hall–Kier alpha value is -1.10. The highest BCUT2D eigenvalue weighted by atomic mass is 32.2. The normalized spacial score (nSPS) is 11.3. The molecular weight excluding hydrogens is 200 g/mol. The third-order valence-electron chi connectivity index (χ3n) is 1.81. The molecule has 0 unspecified atom stereocenters. The van der Waals surface area contributed by atoms with Gasteiger partial charge in [0.25, 0.3) is 0 Å². The molecule has 78 valence electrons. The molecule has 0 aliphatic carbocycles. The van der Waals surface area contributed by atoms with Gasteiger partial charge in [-0.1, -0.05) is 0 Å². The van der Waals surface area contributed by atoms with Gasteiger partial charge in [0, 0.05) is 30.9 Å². The smallest absolute Gasteiger partial charge is 0.149 e. The molecule has 0 bridgehead atoms. The third kappa shape index (κ3) is 3.74. The molecule has 0 aromatic carbocycles. The molecule has 14 heavy (non-hydrogen) atoms. The van der Waals surface area contributed by atoms with Gasteiger partial charge in [0.15, 0.2) is 0 Å². The van der Waals surface area contributed by atoms with E-state index < -0.39 is 9.84 Å². The topological polar surface area (TPSA) is 59.1 Å². The lowest BCUT2D eigenvalue weighted by atomic mass is 10.2. The first kappa shape index (κ1) is 11.0. The van der Waals surface area contributed by atoms with E-state index in [1.54, 1.807) is 12.4 Å².